The van der Waals surface area contributed by atoms with Crippen LogP contribution in [0.4, 0.5) is 68.2 Å². The topological polar surface area (TPSA) is 401 Å². The van der Waals surface area contributed by atoms with Crippen molar-refractivity contribution in [2.45, 2.75) is 324 Å². The Morgan fingerprint density at radius 1 is 0.316 bits per heavy atom. The molecule has 0 aromatic heterocycles. The molecule has 4 N–H and O–H groups in total. The number of esters is 2. The van der Waals surface area contributed by atoms with Gasteiger partial charge in [0.05, 0.1) is 58.9 Å². The number of unbranched alkanes of at least 4 members (excludes halogenated alkanes) is 33. The van der Waals surface area contributed by atoms with Gasteiger partial charge in [0.15, 0.2) is 0 Å². The van der Waals surface area contributed by atoms with Gasteiger partial charge >= 0.3 is 11.9 Å². The first-order chi connectivity index (χ1) is 66.1. The highest BCUT2D eigenvalue weighted by Gasteiger charge is 2.19. The molecule has 0 atom stereocenters. The van der Waals surface area contributed by atoms with Crippen LogP contribution in [-0.4, -0.2) is 123 Å². The van der Waals surface area contributed by atoms with E-state index in [1.165, 1.54) is 235 Å². The number of anilines is 2. The molecule has 0 amide bonds. The van der Waals surface area contributed by atoms with Crippen LogP contribution in [0.25, 0.3) is 0 Å². The molecule has 750 valence electrons. The van der Waals surface area contributed by atoms with Crippen LogP contribution in [0.1, 0.15) is 324 Å². The fourth-order valence-corrected chi connectivity index (χ4v) is 14.7. The summed E-state index contributed by atoms with van der Waals surface area (Å²) in [6.07, 6.45) is 48.2. The minimum Gasteiger partial charge on any atom is -0.491 e. The number of non-ortho nitro benzene ring substituents is 2. The molecular weight excluding hydrogens is 1770 g/mol. The molecule has 6 rings (SSSR count). The van der Waals surface area contributed by atoms with Gasteiger partial charge in [-0.25, -0.2) is 0 Å². The molecule has 0 fully saturated rings. The highest BCUT2D eigenvalue weighted by molar-refractivity contribution is 6.63. The summed E-state index contributed by atoms with van der Waals surface area (Å²) < 4.78 is 35.0. The fourth-order valence-electron chi connectivity index (χ4n) is 14.4. The van der Waals surface area contributed by atoms with Gasteiger partial charge in [0.1, 0.15) is 83.7 Å². The average Bonchev–Trinajstić information content (AvgIpc) is 0.822. The maximum absolute atomic E-state index is 12.6. The van der Waals surface area contributed by atoms with Gasteiger partial charge in [0.2, 0.25) is 10.5 Å². The molecule has 0 saturated heterocycles. The van der Waals surface area contributed by atoms with Crippen molar-refractivity contribution in [1.29, 1.82) is 0 Å². The molecule has 0 bridgehead atoms. The maximum Gasteiger partial charge on any atom is 0.305 e. The molecule has 6 aromatic carbocycles. The Morgan fingerprint density at radius 2 is 0.566 bits per heavy atom. The summed E-state index contributed by atoms with van der Waals surface area (Å²) in [7, 11) is 0. The minimum absolute atomic E-state index is 0.0473. The van der Waals surface area contributed by atoms with Crippen LogP contribution in [-0.2, 0) is 38.2 Å². The smallest absolute Gasteiger partial charge is 0.305 e. The van der Waals surface area contributed by atoms with Crippen LogP contribution in [0, 0.1) is 20.2 Å². The van der Waals surface area contributed by atoms with Crippen molar-refractivity contribution in [1.82, 2.24) is 0 Å². The maximum atomic E-state index is 12.6. The number of nitrogens with two attached hydrogens (primary N) is 2. The SMILES string of the molecule is CCCCCCCCCCCCCCCCCCC(=O)OCCN(CC)c1ccc(N=Nc2cc(OCCC(C)=O)c(N=Nc3ccc([N+](=O)[O-])cc3)cc2OCCC(=O)CCCCC)cc1.CCCCCCCCCCCCCCCCCCC(=O)OCCN(CC)c1ccc(N=Nc2cc(OCCN)c(N=Nc3ccc([N+](=O)[O-])cc3)cc2OCCN)cc1.O=C(Cl)CCCCC(=O)Cl. The van der Waals surface area contributed by atoms with E-state index in [1.807, 2.05) is 48.5 Å². The monoisotopic (exact) mass is 1930 g/mol. The van der Waals surface area contributed by atoms with Crippen molar-refractivity contribution in [2.24, 2.45) is 52.4 Å². The Bertz CT molecular complexity index is 4430. The van der Waals surface area contributed by atoms with E-state index in [0.717, 1.165) is 69.4 Å². The van der Waals surface area contributed by atoms with Crippen molar-refractivity contribution in [3.8, 4) is 23.0 Å². The van der Waals surface area contributed by atoms with E-state index in [2.05, 4.69) is 85.3 Å². The van der Waals surface area contributed by atoms with Gasteiger partial charge in [-0.1, -0.05) is 226 Å². The van der Waals surface area contributed by atoms with E-state index >= 15 is 0 Å². The molecule has 0 aliphatic heterocycles. The van der Waals surface area contributed by atoms with E-state index in [9.17, 15) is 49.0 Å². The number of nitrogens with zero attached hydrogens (tertiary/aromatic N) is 12. The second-order valence-corrected chi connectivity index (χ2v) is 34.6. The molecule has 0 aliphatic rings. The molecule has 32 heteroatoms. The molecule has 136 heavy (non-hydrogen) atoms. The molecule has 0 unspecified atom stereocenters. The number of likely N-dealkylation sites (N-methyl/N-ethyl adjacent to an activating group) is 2. The number of Topliss-reactive ketones (excluding diaryl/α,β-unsaturated/α-hetero) is 2. The third kappa shape index (κ3) is 56.2. The van der Waals surface area contributed by atoms with Gasteiger partial charge in [-0.15, -0.1) is 20.5 Å². The standard InChI is InChI=1S/C53H78N6O8.C45H68N8O6.C6H8Cl2O2/c1-5-8-10-11-12-13-14-15-16-17-18-19-20-21-22-24-26-53(62)67-40-37-58(7-3)46-31-27-44(28-32-46)54-57-50-41-51(65-38-35-43(4)60)49(56-55-45-29-33-47(34-30-45)59(63)64)42-52(50)66-39-36-48(61)25-23-9-6-2;1-3-5-6-7-8-9-10-11-12-13-14-15-16-17-18-19-20-45(54)59-34-31-52(4-2)39-25-21-37(22-26-39)48-50-41-35-44(58-33-30-47)42(36-43(41)57-32-29-46)51-49-38-23-27-40(28-24-38)53(55)56;7-5(9)3-1-2-4-6(8)10/h27-34,41-42H,5-26,35-40H2,1-4H3;21-28,35-36H,3-20,29-34,46-47H2,1-2H3;1-4H2. The number of halogens is 2. The van der Waals surface area contributed by atoms with Crippen molar-refractivity contribution < 1.29 is 67.0 Å². The number of azo groups is 4. The second-order valence-electron chi connectivity index (χ2n) is 33.7. The molecule has 30 nitrogen and oxygen atoms in total. The number of nitro groups is 2. The summed E-state index contributed by atoms with van der Waals surface area (Å²) in [4.78, 5) is 94.9. The van der Waals surface area contributed by atoms with Gasteiger partial charge in [0, 0.05) is 131 Å². The van der Waals surface area contributed by atoms with Gasteiger partial charge in [-0.2, -0.15) is 20.5 Å². The number of benzene rings is 6. The Kier molecular flexibility index (Phi) is 66.2. The van der Waals surface area contributed by atoms with E-state index in [0.29, 0.717) is 128 Å². The zero-order valence-electron chi connectivity index (χ0n) is 82.0. The van der Waals surface area contributed by atoms with Crippen molar-refractivity contribution in [2.75, 3.05) is 88.7 Å². The largest absolute Gasteiger partial charge is 0.491 e. The summed E-state index contributed by atoms with van der Waals surface area (Å²) in [5, 5.41) is 56.5. The van der Waals surface area contributed by atoms with E-state index in [-0.39, 0.29) is 109 Å². The first-order valence-corrected chi connectivity index (χ1v) is 50.7. The minimum atomic E-state index is -0.495. The summed E-state index contributed by atoms with van der Waals surface area (Å²) >= 11 is 10.1. The quantitative estimate of drug-likeness (QED) is 0.00894. The first-order valence-electron chi connectivity index (χ1n) is 50.0. The lowest BCUT2D eigenvalue weighted by atomic mass is 10.0. The number of ketones is 2. The predicted molar refractivity (Wildman–Crippen MR) is 544 cm³/mol. The predicted octanol–water partition coefficient (Wildman–Crippen LogP) is 29.9. The number of carbonyl (C=O) groups excluding carboxylic acids is 6. The van der Waals surface area contributed by atoms with E-state index in [1.54, 1.807) is 24.3 Å². The normalized spacial score (nSPS) is 11.2. The summed E-state index contributed by atoms with van der Waals surface area (Å²) in [6.45, 7) is 16.6. The zero-order valence-corrected chi connectivity index (χ0v) is 83.5. The van der Waals surface area contributed by atoms with Gasteiger partial charge in [0.25, 0.3) is 11.4 Å². The Labute approximate surface area is 817 Å². The zero-order chi connectivity index (χ0) is 98.7. The lowest BCUT2D eigenvalue weighted by Gasteiger charge is -2.23. The number of rotatable bonds is 77. The van der Waals surface area contributed by atoms with Gasteiger partial charge < -0.3 is 49.7 Å². The summed E-state index contributed by atoms with van der Waals surface area (Å²) in [5.74, 6) is 1.06. The van der Waals surface area contributed by atoms with Crippen LogP contribution in [0.5, 0.6) is 23.0 Å². The second kappa shape index (κ2) is 76.5. The first kappa shape index (κ1) is 118. The Morgan fingerprint density at radius 3 is 0.831 bits per heavy atom. The number of nitro benzene ring substituents is 2. The third-order valence-corrected chi connectivity index (χ3v) is 22.7. The van der Waals surface area contributed by atoms with Crippen molar-refractivity contribution >= 4 is 125 Å². The fraction of sp³-hybridized carbons (Fsp3) is 0.596. The summed E-state index contributed by atoms with van der Waals surface area (Å²) in [6, 6.07) is 33.0. The molecule has 0 aliphatic carbocycles. The highest BCUT2D eigenvalue weighted by atomic mass is 35.5. The lowest BCUT2D eigenvalue weighted by Crippen LogP contribution is -2.27. The van der Waals surface area contributed by atoms with Crippen LogP contribution >= 0.6 is 23.2 Å². The van der Waals surface area contributed by atoms with Crippen LogP contribution < -0.4 is 40.2 Å². The highest BCUT2D eigenvalue weighted by Crippen LogP contribution is 2.44. The molecule has 0 spiro atoms. The number of ether oxygens (including phenoxy) is 6. The van der Waals surface area contributed by atoms with E-state index in [4.69, 9.17) is 63.1 Å². The van der Waals surface area contributed by atoms with E-state index < -0.39 is 9.85 Å². The summed E-state index contributed by atoms with van der Waals surface area (Å²) in [5.41, 5.74) is 16.5. The van der Waals surface area contributed by atoms with Crippen LogP contribution in [0.15, 0.2) is 162 Å². The average molecular weight is 1930 g/mol. The number of carbonyl (C=O) groups is 6. The van der Waals surface area contributed by atoms with Gasteiger partial charge in [-0.05, 0) is 149 Å². The lowest BCUT2D eigenvalue weighted by molar-refractivity contribution is -0.385. The molecule has 0 saturated carbocycles. The van der Waals surface area contributed by atoms with Gasteiger partial charge in [-0.3, -0.25) is 49.0 Å². The van der Waals surface area contributed by atoms with Crippen molar-refractivity contribution in [3.05, 3.63) is 142 Å². The number of hydrogen-bond acceptors (Lipinski definition) is 28. The van der Waals surface area contributed by atoms with Crippen LogP contribution in [0.2, 0.25) is 0 Å². The number of hydrogen-bond donors (Lipinski definition) is 2. The third-order valence-electron chi connectivity index (χ3n) is 22.4. The van der Waals surface area contributed by atoms with Crippen molar-refractivity contribution in [3.63, 3.8) is 0 Å². The molecular formula is C104H154Cl2N14O16. The molecule has 0 radical (unpaired) electrons. The molecule has 0 heterocycles. The molecule has 6 aromatic rings. The Hall–Kier alpha value is -10.6. The Balaban J connectivity index is 0.000000518. The van der Waals surface area contributed by atoms with Crippen LogP contribution in [0.3, 0.4) is 0 Å².